The number of hydrogen-bond donors (Lipinski definition) is 0. The van der Waals surface area contributed by atoms with Gasteiger partial charge >= 0.3 is 0 Å². The van der Waals surface area contributed by atoms with Gasteiger partial charge in [0.1, 0.15) is 11.5 Å². The number of nitrogens with zero attached hydrogens (tertiary/aromatic N) is 2. The molecule has 0 aliphatic heterocycles. The van der Waals surface area contributed by atoms with Gasteiger partial charge in [-0.15, -0.1) is 11.3 Å². The molecular weight excluding hydrogens is 240 g/mol. The van der Waals surface area contributed by atoms with Gasteiger partial charge in [0.15, 0.2) is 0 Å². The molecule has 0 amide bonds. The summed E-state index contributed by atoms with van der Waals surface area (Å²) in [6.45, 7) is 4.28. The Balaban J connectivity index is 2.60. The van der Waals surface area contributed by atoms with E-state index in [2.05, 4.69) is 29.9 Å². The lowest BCUT2D eigenvalue weighted by atomic mass is 10.1. The van der Waals surface area contributed by atoms with Crippen molar-refractivity contribution >= 4 is 43.9 Å². The maximum Gasteiger partial charge on any atom is 0.140 e. The molecule has 16 heavy (non-hydrogen) atoms. The normalized spacial score (nSPS) is 11.4. The highest BCUT2D eigenvalue weighted by Crippen LogP contribution is 2.35. The average Bonchev–Trinajstić information content (AvgIpc) is 2.56. The van der Waals surface area contributed by atoms with Crippen molar-refractivity contribution in [3.05, 3.63) is 34.1 Å². The van der Waals surface area contributed by atoms with Crippen LogP contribution >= 0.6 is 22.9 Å². The highest BCUT2D eigenvalue weighted by molar-refractivity contribution is 7.20. The lowest BCUT2D eigenvalue weighted by Gasteiger charge is -1.99. The van der Waals surface area contributed by atoms with Crippen LogP contribution in [0.2, 0.25) is 5.15 Å². The summed E-state index contributed by atoms with van der Waals surface area (Å²) in [5, 5.41) is 2.72. The van der Waals surface area contributed by atoms with E-state index in [9.17, 15) is 0 Å². The molecule has 3 aromatic rings. The summed E-state index contributed by atoms with van der Waals surface area (Å²) in [6, 6.07) is 4.10. The molecular formula is C12H9ClN2S. The molecule has 0 radical (unpaired) electrons. The fourth-order valence-corrected chi connectivity index (χ4v) is 3.25. The first kappa shape index (κ1) is 10.00. The van der Waals surface area contributed by atoms with E-state index in [0.29, 0.717) is 5.15 Å². The summed E-state index contributed by atoms with van der Waals surface area (Å²) in [6.07, 6.45) is 1.52. The van der Waals surface area contributed by atoms with Gasteiger partial charge < -0.3 is 0 Å². The molecule has 2 nitrogen and oxygen atoms in total. The molecule has 0 spiro atoms. The van der Waals surface area contributed by atoms with E-state index in [1.165, 1.54) is 26.9 Å². The highest BCUT2D eigenvalue weighted by atomic mass is 35.5. The number of hydrogen-bond acceptors (Lipinski definition) is 3. The standard InChI is InChI=1S/C12H9ClN2S/c1-6-7(2)16-11-8(6)3-4-9-10(11)14-5-15-12(9)13/h3-5H,1-2H3. The molecule has 2 heterocycles. The number of rotatable bonds is 0. The Kier molecular flexibility index (Phi) is 2.13. The van der Waals surface area contributed by atoms with Crippen molar-refractivity contribution in [3.8, 4) is 0 Å². The number of halogens is 1. The molecule has 0 fully saturated rings. The zero-order valence-electron chi connectivity index (χ0n) is 8.91. The van der Waals surface area contributed by atoms with Crippen LogP contribution in [-0.2, 0) is 0 Å². The third kappa shape index (κ3) is 1.25. The Labute approximate surface area is 102 Å². The molecule has 0 atom stereocenters. The Morgan fingerprint density at radius 1 is 1.12 bits per heavy atom. The predicted molar refractivity (Wildman–Crippen MR) is 69.4 cm³/mol. The van der Waals surface area contributed by atoms with Crippen LogP contribution in [0.3, 0.4) is 0 Å². The molecule has 0 bridgehead atoms. The van der Waals surface area contributed by atoms with Gasteiger partial charge in [-0.3, -0.25) is 0 Å². The molecule has 0 aliphatic carbocycles. The van der Waals surface area contributed by atoms with Crippen LogP contribution in [-0.4, -0.2) is 9.97 Å². The molecule has 2 aromatic heterocycles. The van der Waals surface area contributed by atoms with Crippen LogP contribution in [0.15, 0.2) is 18.5 Å². The van der Waals surface area contributed by atoms with Crippen molar-refractivity contribution in [2.24, 2.45) is 0 Å². The molecule has 1 aromatic carbocycles. The monoisotopic (exact) mass is 248 g/mol. The number of benzene rings is 1. The van der Waals surface area contributed by atoms with E-state index < -0.39 is 0 Å². The lowest BCUT2D eigenvalue weighted by molar-refractivity contribution is 1.23. The van der Waals surface area contributed by atoms with Crippen LogP contribution in [0.5, 0.6) is 0 Å². The van der Waals surface area contributed by atoms with Gasteiger partial charge in [-0.05, 0) is 30.9 Å². The van der Waals surface area contributed by atoms with Gasteiger partial charge in [-0.25, -0.2) is 9.97 Å². The number of thiophene rings is 1. The second-order valence-corrected chi connectivity index (χ2v) is 5.37. The van der Waals surface area contributed by atoms with E-state index in [-0.39, 0.29) is 0 Å². The fraction of sp³-hybridized carbons (Fsp3) is 0.167. The minimum absolute atomic E-state index is 0.524. The second kappa shape index (κ2) is 3.40. The third-order valence-corrected chi connectivity index (χ3v) is 4.43. The van der Waals surface area contributed by atoms with Crippen LogP contribution in [0.1, 0.15) is 10.4 Å². The highest BCUT2D eigenvalue weighted by Gasteiger charge is 2.10. The van der Waals surface area contributed by atoms with Gasteiger partial charge in [0.2, 0.25) is 0 Å². The largest absolute Gasteiger partial charge is 0.235 e. The molecule has 3 rings (SSSR count). The summed E-state index contributed by atoms with van der Waals surface area (Å²) in [7, 11) is 0. The molecule has 4 heteroatoms. The van der Waals surface area contributed by atoms with Crippen LogP contribution in [0, 0.1) is 13.8 Å². The number of aryl methyl sites for hydroxylation is 2. The second-order valence-electron chi connectivity index (χ2n) is 3.79. The van der Waals surface area contributed by atoms with Gasteiger partial charge in [0.25, 0.3) is 0 Å². The summed E-state index contributed by atoms with van der Waals surface area (Å²) in [5.41, 5.74) is 2.29. The molecule has 80 valence electrons. The number of aromatic nitrogens is 2. The zero-order chi connectivity index (χ0) is 11.3. The van der Waals surface area contributed by atoms with Crippen LogP contribution < -0.4 is 0 Å². The minimum Gasteiger partial charge on any atom is -0.235 e. The Morgan fingerprint density at radius 2 is 1.88 bits per heavy atom. The molecule has 0 aliphatic rings. The van der Waals surface area contributed by atoms with Gasteiger partial charge in [0.05, 0.1) is 10.2 Å². The topological polar surface area (TPSA) is 25.8 Å². The predicted octanol–water partition coefficient (Wildman–Crippen LogP) is 4.11. The number of fused-ring (bicyclic) bond motifs is 3. The van der Waals surface area contributed by atoms with E-state index in [0.717, 1.165) is 10.9 Å². The minimum atomic E-state index is 0.524. The SMILES string of the molecule is Cc1sc2c(ccc3c(Cl)ncnc32)c1C. The lowest BCUT2D eigenvalue weighted by Crippen LogP contribution is -1.83. The van der Waals surface area contributed by atoms with Crippen molar-refractivity contribution in [3.63, 3.8) is 0 Å². The van der Waals surface area contributed by atoms with E-state index in [1.807, 2.05) is 6.07 Å². The molecule has 0 saturated heterocycles. The maximum absolute atomic E-state index is 6.06. The van der Waals surface area contributed by atoms with E-state index in [1.54, 1.807) is 11.3 Å². The Bertz CT molecular complexity index is 703. The van der Waals surface area contributed by atoms with Gasteiger partial charge in [-0.1, -0.05) is 17.7 Å². The summed E-state index contributed by atoms with van der Waals surface area (Å²) in [5.74, 6) is 0. The Hall–Kier alpha value is -1.19. The first-order valence-electron chi connectivity index (χ1n) is 4.97. The zero-order valence-corrected chi connectivity index (χ0v) is 10.5. The van der Waals surface area contributed by atoms with E-state index in [4.69, 9.17) is 11.6 Å². The summed E-state index contributed by atoms with van der Waals surface area (Å²) < 4.78 is 1.21. The fourth-order valence-electron chi connectivity index (χ4n) is 1.89. The molecule has 0 N–H and O–H groups in total. The van der Waals surface area contributed by atoms with Crippen molar-refractivity contribution in [1.29, 1.82) is 0 Å². The van der Waals surface area contributed by atoms with E-state index >= 15 is 0 Å². The first-order chi connectivity index (χ1) is 7.68. The smallest absolute Gasteiger partial charge is 0.140 e. The van der Waals surface area contributed by atoms with Crippen molar-refractivity contribution in [2.75, 3.05) is 0 Å². The van der Waals surface area contributed by atoms with Crippen molar-refractivity contribution in [1.82, 2.24) is 9.97 Å². The van der Waals surface area contributed by atoms with Crippen LogP contribution in [0.4, 0.5) is 0 Å². The third-order valence-electron chi connectivity index (χ3n) is 2.90. The molecule has 0 unspecified atom stereocenters. The average molecular weight is 249 g/mol. The van der Waals surface area contributed by atoms with Crippen LogP contribution in [0.25, 0.3) is 21.0 Å². The van der Waals surface area contributed by atoms with Crippen molar-refractivity contribution < 1.29 is 0 Å². The Morgan fingerprint density at radius 3 is 2.69 bits per heavy atom. The maximum atomic E-state index is 6.06. The van der Waals surface area contributed by atoms with Gasteiger partial charge in [0, 0.05) is 10.3 Å². The summed E-state index contributed by atoms with van der Waals surface area (Å²) in [4.78, 5) is 9.67. The summed E-state index contributed by atoms with van der Waals surface area (Å²) >= 11 is 7.83. The van der Waals surface area contributed by atoms with Gasteiger partial charge in [-0.2, -0.15) is 0 Å². The first-order valence-corrected chi connectivity index (χ1v) is 6.17. The molecule has 0 saturated carbocycles. The quantitative estimate of drug-likeness (QED) is 0.560. The van der Waals surface area contributed by atoms with Crippen molar-refractivity contribution in [2.45, 2.75) is 13.8 Å².